The highest BCUT2D eigenvalue weighted by Crippen LogP contribution is 2.27. The van der Waals surface area contributed by atoms with E-state index >= 15 is 0 Å². The van der Waals surface area contributed by atoms with Gasteiger partial charge in [0.2, 0.25) is 5.95 Å². The van der Waals surface area contributed by atoms with Gasteiger partial charge >= 0.3 is 0 Å². The van der Waals surface area contributed by atoms with E-state index in [4.69, 9.17) is 0 Å². The van der Waals surface area contributed by atoms with E-state index in [1.54, 1.807) is 7.05 Å². The molecule has 0 radical (unpaired) electrons. The number of aryl methyl sites for hydroxylation is 1. The number of anilines is 3. The van der Waals surface area contributed by atoms with Gasteiger partial charge in [0.05, 0.1) is 0 Å². The molecule has 2 aromatic rings. The number of nitrogens with zero attached hydrogens (tertiary/aromatic N) is 5. The Hall–Kier alpha value is -2.81. The van der Waals surface area contributed by atoms with Crippen molar-refractivity contribution in [1.82, 2.24) is 30.8 Å². The van der Waals surface area contributed by atoms with Crippen molar-refractivity contribution in [1.29, 1.82) is 0 Å². The van der Waals surface area contributed by atoms with Crippen LogP contribution in [-0.2, 0) is 0 Å². The lowest BCUT2D eigenvalue weighted by Crippen LogP contribution is -2.31. The van der Waals surface area contributed by atoms with Crippen molar-refractivity contribution in [3.05, 3.63) is 29.1 Å². The number of hydrogen-bond donors (Lipinski definition) is 3. The van der Waals surface area contributed by atoms with Gasteiger partial charge < -0.3 is 20.9 Å². The van der Waals surface area contributed by atoms with Crippen LogP contribution in [0.25, 0.3) is 0 Å². The van der Waals surface area contributed by atoms with Crippen LogP contribution >= 0.6 is 0 Å². The summed E-state index contributed by atoms with van der Waals surface area (Å²) in [6.07, 6.45) is 3.60. The van der Waals surface area contributed by atoms with Crippen LogP contribution in [0.15, 0.2) is 12.1 Å². The summed E-state index contributed by atoms with van der Waals surface area (Å²) in [7, 11) is 1.59. The van der Waals surface area contributed by atoms with Gasteiger partial charge in [0.25, 0.3) is 5.91 Å². The Bertz CT molecular complexity index is 845. The highest BCUT2D eigenvalue weighted by molar-refractivity contribution is 5.93. The molecule has 9 nitrogen and oxygen atoms in total. The van der Waals surface area contributed by atoms with Gasteiger partial charge in [-0.3, -0.25) is 4.79 Å². The maximum absolute atomic E-state index is 12.0. The van der Waals surface area contributed by atoms with Crippen molar-refractivity contribution in [3.63, 3.8) is 0 Å². The smallest absolute Gasteiger partial charge is 0.271 e. The number of nitrogens with one attached hydrogen (secondary N) is 3. The van der Waals surface area contributed by atoms with Crippen molar-refractivity contribution in [2.75, 3.05) is 36.9 Å². The summed E-state index contributed by atoms with van der Waals surface area (Å²) in [5.41, 5.74) is 2.09. The number of rotatable bonds is 5. The topological polar surface area (TPSA) is 118 Å². The summed E-state index contributed by atoms with van der Waals surface area (Å²) in [4.78, 5) is 23.5. The van der Waals surface area contributed by atoms with E-state index in [1.807, 2.05) is 19.1 Å². The molecule has 4 rings (SSSR count). The predicted octanol–water partition coefficient (Wildman–Crippen LogP) is 1.31. The molecular weight excluding hydrogens is 344 g/mol. The zero-order valence-electron chi connectivity index (χ0n) is 15.6. The Balaban J connectivity index is 1.59. The largest absolute Gasteiger partial charge is 0.354 e. The van der Waals surface area contributed by atoms with Gasteiger partial charge in [-0.1, -0.05) is 0 Å². The first kappa shape index (κ1) is 17.6. The van der Waals surface area contributed by atoms with Crippen molar-refractivity contribution in [2.24, 2.45) is 0 Å². The molecule has 0 aromatic carbocycles. The molecule has 0 spiro atoms. The Morgan fingerprint density at radius 2 is 1.93 bits per heavy atom. The van der Waals surface area contributed by atoms with E-state index in [0.717, 1.165) is 36.8 Å². The molecule has 3 N–H and O–H groups in total. The van der Waals surface area contributed by atoms with Crippen LogP contribution in [0, 0.1) is 6.92 Å². The van der Waals surface area contributed by atoms with Crippen molar-refractivity contribution < 1.29 is 4.79 Å². The molecule has 0 saturated carbocycles. The van der Waals surface area contributed by atoms with E-state index < -0.39 is 0 Å². The monoisotopic (exact) mass is 368 g/mol. The number of carbonyl (C=O) groups is 1. The summed E-state index contributed by atoms with van der Waals surface area (Å²) < 4.78 is 0. The van der Waals surface area contributed by atoms with Crippen molar-refractivity contribution in [3.8, 4) is 0 Å². The van der Waals surface area contributed by atoms with E-state index in [-0.39, 0.29) is 11.9 Å². The number of piperidine rings is 1. The third kappa shape index (κ3) is 3.97. The summed E-state index contributed by atoms with van der Waals surface area (Å²) in [6.45, 7) is 4.77. The van der Waals surface area contributed by atoms with Crippen LogP contribution in [0.1, 0.15) is 47.1 Å². The SMILES string of the molecule is CNC(=O)c1nnc(Nc2cc(C)nc(N3CCCCC3)n2)cc1C1CN1. The second-order valence-corrected chi connectivity index (χ2v) is 6.94. The van der Waals surface area contributed by atoms with Crippen LogP contribution in [0.3, 0.4) is 0 Å². The fraction of sp³-hybridized carbons (Fsp3) is 0.500. The average Bonchev–Trinajstić information content (AvgIpc) is 3.53. The standard InChI is InChI=1S/C18H24N8O/c1-11-8-14(23-18(21-11)26-6-4-3-5-7-26)22-15-9-12(13-10-20-13)16(25-24-15)17(27)19-2/h8-9,13,20H,3-7,10H2,1-2H3,(H,19,27)(H,21,22,23,24). The van der Waals surface area contributed by atoms with Gasteiger partial charge in [0.1, 0.15) is 5.82 Å². The highest BCUT2D eigenvalue weighted by Gasteiger charge is 2.29. The number of aromatic nitrogens is 4. The first-order valence-electron chi connectivity index (χ1n) is 9.35. The zero-order valence-corrected chi connectivity index (χ0v) is 15.6. The number of hydrogen-bond acceptors (Lipinski definition) is 8. The molecule has 0 aliphatic carbocycles. The Morgan fingerprint density at radius 1 is 1.15 bits per heavy atom. The fourth-order valence-corrected chi connectivity index (χ4v) is 3.29. The molecule has 2 aliphatic heterocycles. The second-order valence-electron chi connectivity index (χ2n) is 6.94. The molecule has 2 fully saturated rings. The third-order valence-electron chi connectivity index (χ3n) is 4.79. The molecule has 1 unspecified atom stereocenters. The van der Waals surface area contributed by atoms with Crippen LogP contribution in [-0.4, -0.2) is 52.8 Å². The normalized spacial score (nSPS) is 18.9. The van der Waals surface area contributed by atoms with Crippen LogP contribution in [0.5, 0.6) is 0 Å². The minimum Gasteiger partial charge on any atom is -0.354 e. The van der Waals surface area contributed by atoms with E-state index in [9.17, 15) is 4.79 Å². The average molecular weight is 368 g/mol. The van der Waals surface area contributed by atoms with Crippen LogP contribution < -0.4 is 20.9 Å². The van der Waals surface area contributed by atoms with E-state index in [0.29, 0.717) is 17.3 Å². The van der Waals surface area contributed by atoms with Gasteiger partial charge in [-0.05, 0) is 32.3 Å². The van der Waals surface area contributed by atoms with E-state index in [1.165, 1.54) is 19.3 Å². The maximum Gasteiger partial charge on any atom is 0.271 e. The second kappa shape index (κ2) is 7.43. The summed E-state index contributed by atoms with van der Waals surface area (Å²) >= 11 is 0. The molecule has 2 aliphatic rings. The van der Waals surface area contributed by atoms with Crippen molar-refractivity contribution >= 4 is 23.5 Å². The molecular formula is C18H24N8O. The third-order valence-corrected chi connectivity index (χ3v) is 4.79. The van der Waals surface area contributed by atoms with Gasteiger partial charge in [0.15, 0.2) is 11.5 Å². The van der Waals surface area contributed by atoms with Gasteiger partial charge in [-0.2, -0.15) is 4.98 Å². The van der Waals surface area contributed by atoms with Crippen LogP contribution in [0.2, 0.25) is 0 Å². The minimum atomic E-state index is -0.233. The van der Waals surface area contributed by atoms with Crippen molar-refractivity contribution in [2.45, 2.75) is 32.2 Å². The highest BCUT2D eigenvalue weighted by atomic mass is 16.1. The Kier molecular flexibility index (Phi) is 4.85. The van der Waals surface area contributed by atoms with Crippen LogP contribution in [0.4, 0.5) is 17.6 Å². The maximum atomic E-state index is 12.0. The number of carbonyl (C=O) groups excluding carboxylic acids is 1. The predicted molar refractivity (Wildman–Crippen MR) is 102 cm³/mol. The van der Waals surface area contributed by atoms with Gasteiger partial charge in [-0.25, -0.2) is 4.98 Å². The molecule has 2 saturated heterocycles. The lowest BCUT2D eigenvalue weighted by Gasteiger charge is -2.27. The first-order chi connectivity index (χ1) is 13.1. The molecule has 2 aromatic heterocycles. The fourth-order valence-electron chi connectivity index (χ4n) is 3.29. The summed E-state index contributed by atoms with van der Waals surface area (Å²) in [5, 5.41) is 17.3. The number of amides is 1. The molecule has 9 heteroatoms. The molecule has 0 bridgehead atoms. The lowest BCUT2D eigenvalue weighted by molar-refractivity contribution is 0.0956. The lowest BCUT2D eigenvalue weighted by atomic mass is 10.1. The Morgan fingerprint density at radius 3 is 2.63 bits per heavy atom. The minimum absolute atomic E-state index is 0.143. The van der Waals surface area contributed by atoms with E-state index in [2.05, 4.69) is 41.0 Å². The van der Waals surface area contributed by atoms with Gasteiger partial charge in [-0.15, -0.1) is 10.2 Å². The summed E-state index contributed by atoms with van der Waals surface area (Å²) in [5.74, 6) is 1.76. The molecule has 142 valence electrons. The molecule has 1 amide bonds. The first-order valence-corrected chi connectivity index (χ1v) is 9.35. The zero-order chi connectivity index (χ0) is 18.8. The molecule has 1 atom stereocenters. The summed E-state index contributed by atoms with van der Waals surface area (Å²) in [6, 6.07) is 3.89. The molecule has 27 heavy (non-hydrogen) atoms. The Labute approximate surface area is 158 Å². The van der Waals surface area contributed by atoms with Gasteiger partial charge in [0, 0.05) is 50.0 Å². The molecule has 4 heterocycles. The quantitative estimate of drug-likeness (QED) is 0.676.